The minimum absolute atomic E-state index is 0.786. The average Bonchev–Trinajstić information content (AvgIpc) is 2.45. The molecular formula is C17H25NS. The van der Waals surface area contributed by atoms with Gasteiger partial charge in [0.25, 0.3) is 0 Å². The molecule has 1 aromatic carbocycles. The van der Waals surface area contributed by atoms with Crippen molar-refractivity contribution in [1.29, 1.82) is 0 Å². The van der Waals surface area contributed by atoms with Crippen molar-refractivity contribution >= 4 is 23.1 Å². The van der Waals surface area contributed by atoms with Gasteiger partial charge in [-0.1, -0.05) is 52.7 Å². The Labute approximate surface area is 123 Å². The van der Waals surface area contributed by atoms with Crippen LogP contribution in [0.25, 0.3) is 0 Å². The Morgan fingerprint density at radius 2 is 1.58 bits per heavy atom. The van der Waals surface area contributed by atoms with Gasteiger partial charge in [0.1, 0.15) is 0 Å². The van der Waals surface area contributed by atoms with Crippen LogP contribution in [-0.4, -0.2) is 5.16 Å². The molecule has 1 aromatic rings. The van der Waals surface area contributed by atoms with Gasteiger partial charge in [0.05, 0.1) is 10.8 Å². The average molecular weight is 275 g/mol. The molecular weight excluding hydrogens is 250 g/mol. The normalized spacial score (nSPS) is 10.6. The van der Waals surface area contributed by atoms with E-state index in [1.807, 2.05) is 0 Å². The molecule has 0 saturated carbocycles. The minimum atomic E-state index is 0.786. The van der Waals surface area contributed by atoms with Gasteiger partial charge in [-0.2, -0.15) is 4.99 Å². The quantitative estimate of drug-likeness (QED) is 0.471. The molecule has 1 nitrogen and oxygen atoms in total. The molecule has 0 atom stereocenters. The summed E-state index contributed by atoms with van der Waals surface area (Å²) in [4.78, 5) is 4.27. The van der Waals surface area contributed by atoms with Crippen LogP contribution in [0.1, 0.15) is 57.2 Å². The third kappa shape index (κ3) is 4.26. The van der Waals surface area contributed by atoms with Crippen LogP contribution in [-0.2, 0) is 19.3 Å². The highest BCUT2D eigenvalue weighted by Gasteiger charge is 2.11. The van der Waals surface area contributed by atoms with E-state index in [1.54, 1.807) is 0 Å². The number of aryl methyl sites for hydroxylation is 2. The molecule has 0 aliphatic heterocycles. The molecule has 104 valence electrons. The number of thiocarbonyl (C=S) groups is 1. The van der Waals surface area contributed by atoms with Gasteiger partial charge in [-0.3, -0.25) is 0 Å². The molecule has 0 spiro atoms. The van der Waals surface area contributed by atoms with E-state index in [2.05, 4.69) is 50.0 Å². The molecule has 0 heterocycles. The predicted octanol–water partition coefficient (Wildman–Crippen LogP) is 5.52. The van der Waals surface area contributed by atoms with Crippen LogP contribution in [0.3, 0.4) is 0 Å². The summed E-state index contributed by atoms with van der Waals surface area (Å²) in [6.07, 6.45) is 5.67. The third-order valence-electron chi connectivity index (χ3n) is 3.93. The number of aliphatic imine (C=N–C) groups is 1. The van der Waals surface area contributed by atoms with E-state index in [1.165, 1.54) is 36.0 Å². The zero-order chi connectivity index (χ0) is 14.3. The highest BCUT2D eigenvalue weighted by atomic mass is 32.1. The summed E-state index contributed by atoms with van der Waals surface area (Å²) in [5.74, 6) is 0.786. The second kappa shape index (κ2) is 8.24. The molecule has 0 fully saturated rings. The Morgan fingerprint density at radius 1 is 1.05 bits per heavy atom. The molecule has 19 heavy (non-hydrogen) atoms. The molecule has 2 heteroatoms. The first kappa shape index (κ1) is 16.1. The number of benzene rings is 1. The minimum Gasteiger partial charge on any atom is -0.194 e. The van der Waals surface area contributed by atoms with Crippen LogP contribution < -0.4 is 0 Å². The molecule has 0 aromatic heterocycles. The van der Waals surface area contributed by atoms with Crippen molar-refractivity contribution in [2.24, 2.45) is 10.9 Å². The molecule has 0 aliphatic rings. The largest absolute Gasteiger partial charge is 0.194 e. The van der Waals surface area contributed by atoms with Gasteiger partial charge in [-0.15, -0.1) is 0 Å². The van der Waals surface area contributed by atoms with Gasteiger partial charge in [0, 0.05) is 0 Å². The molecule has 0 radical (unpaired) electrons. The fraction of sp³-hybridized carbons (Fsp3) is 0.588. The fourth-order valence-electron chi connectivity index (χ4n) is 2.59. The van der Waals surface area contributed by atoms with Crippen molar-refractivity contribution in [3.63, 3.8) is 0 Å². The summed E-state index contributed by atoms with van der Waals surface area (Å²) in [6.45, 7) is 8.91. The van der Waals surface area contributed by atoms with Gasteiger partial charge in [0.15, 0.2) is 0 Å². The number of hydrogen-bond acceptors (Lipinski definition) is 2. The maximum atomic E-state index is 4.77. The zero-order valence-corrected chi connectivity index (χ0v) is 13.4. The maximum Gasteiger partial charge on any atom is 0.0803 e. The van der Waals surface area contributed by atoms with Gasteiger partial charge in [0.2, 0.25) is 0 Å². The summed E-state index contributed by atoms with van der Waals surface area (Å²) in [5, 5.41) is 2.52. The maximum absolute atomic E-state index is 4.77. The molecule has 0 bridgehead atoms. The van der Waals surface area contributed by atoms with Gasteiger partial charge in [-0.25, -0.2) is 0 Å². The van der Waals surface area contributed by atoms with Crippen LogP contribution in [0.2, 0.25) is 0 Å². The van der Waals surface area contributed by atoms with E-state index in [0.29, 0.717) is 0 Å². The monoisotopic (exact) mass is 275 g/mol. The Hall–Kier alpha value is -0.980. The van der Waals surface area contributed by atoms with Crippen molar-refractivity contribution < 1.29 is 0 Å². The van der Waals surface area contributed by atoms with Gasteiger partial charge < -0.3 is 0 Å². The lowest BCUT2D eigenvalue weighted by atomic mass is 9.91. The van der Waals surface area contributed by atoms with E-state index in [-0.39, 0.29) is 0 Å². The number of nitrogens with zero attached hydrogens (tertiary/aromatic N) is 1. The Morgan fingerprint density at radius 3 is 1.95 bits per heavy atom. The second-order valence-electron chi connectivity index (χ2n) is 5.06. The number of rotatable bonds is 7. The van der Waals surface area contributed by atoms with E-state index < -0.39 is 0 Å². The molecule has 0 unspecified atom stereocenters. The van der Waals surface area contributed by atoms with Gasteiger partial charge in [-0.05, 0) is 54.1 Å². The first-order chi connectivity index (χ1) is 9.19. The summed E-state index contributed by atoms with van der Waals surface area (Å²) in [5.41, 5.74) is 5.11. The highest BCUT2D eigenvalue weighted by molar-refractivity contribution is 7.78. The third-order valence-corrected chi connectivity index (χ3v) is 4.02. The van der Waals surface area contributed by atoms with Crippen LogP contribution >= 0.6 is 12.2 Å². The summed E-state index contributed by atoms with van der Waals surface area (Å²) in [6, 6.07) is 4.62. The van der Waals surface area contributed by atoms with E-state index in [4.69, 9.17) is 12.2 Å². The SMILES string of the molecule is CCc1cc(CC(CC)CC)cc(CC)c1N=C=S. The standard InChI is InChI=1S/C17H25NS/c1-5-13(6-2)9-14-10-15(7-3)17(18-12-19)16(8-4)11-14/h10-11,13H,5-9H2,1-4H3. The smallest absolute Gasteiger partial charge is 0.0803 e. The lowest BCUT2D eigenvalue weighted by molar-refractivity contribution is 0.490. The molecule has 0 aliphatic carbocycles. The van der Waals surface area contributed by atoms with Crippen LogP contribution in [0.5, 0.6) is 0 Å². The highest BCUT2D eigenvalue weighted by Crippen LogP contribution is 2.29. The molecule has 0 saturated heterocycles. The lowest BCUT2D eigenvalue weighted by Gasteiger charge is -2.16. The summed E-state index contributed by atoms with van der Waals surface area (Å²) in [7, 11) is 0. The number of hydrogen-bond donors (Lipinski definition) is 0. The van der Waals surface area contributed by atoms with E-state index in [0.717, 1.165) is 24.4 Å². The van der Waals surface area contributed by atoms with E-state index in [9.17, 15) is 0 Å². The fourth-order valence-corrected chi connectivity index (χ4v) is 2.68. The van der Waals surface area contributed by atoms with Crippen LogP contribution in [0.15, 0.2) is 17.1 Å². The van der Waals surface area contributed by atoms with Crippen molar-refractivity contribution in [2.45, 2.75) is 59.8 Å². The zero-order valence-electron chi connectivity index (χ0n) is 12.6. The van der Waals surface area contributed by atoms with Crippen molar-refractivity contribution in [3.8, 4) is 0 Å². The van der Waals surface area contributed by atoms with Crippen molar-refractivity contribution in [2.75, 3.05) is 0 Å². The summed E-state index contributed by atoms with van der Waals surface area (Å²) >= 11 is 4.77. The van der Waals surface area contributed by atoms with Crippen LogP contribution in [0, 0.1) is 5.92 Å². The number of isothiocyanates is 1. The Bertz CT molecular complexity index is 429. The first-order valence-corrected chi connectivity index (χ1v) is 7.83. The first-order valence-electron chi connectivity index (χ1n) is 7.42. The molecule has 0 amide bonds. The Balaban J connectivity index is 3.18. The lowest BCUT2D eigenvalue weighted by Crippen LogP contribution is -2.03. The molecule has 1 rings (SSSR count). The second-order valence-corrected chi connectivity index (χ2v) is 5.24. The Kier molecular flexibility index (Phi) is 6.97. The van der Waals surface area contributed by atoms with Gasteiger partial charge >= 0.3 is 0 Å². The topological polar surface area (TPSA) is 12.4 Å². The summed E-state index contributed by atoms with van der Waals surface area (Å²) < 4.78 is 0. The van der Waals surface area contributed by atoms with Crippen LogP contribution in [0.4, 0.5) is 5.69 Å². The predicted molar refractivity (Wildman–Crippen MR) is 87.7 cm³/mol. The van der Waals surface area contributed by atoms with Crippen molar-refractivity contribution in [3.05, 3.63) is 28.8 Å². The van der Waals surface area contributed by atoms with Crippen molar-refractivity contribution in [1.82, 2.24) is 0 Å². The van der Waals surface area contributed by atoms with E-state index >= 15 is 0 Å². The molecule has 0 N–H and O–H groups in total.